The minimum Gasteiger partial charge on any atom is -0.404 e. The van der Waals surface area contributed by atoms with Crippen LogP contribution in [0.5, 0.6) is 11.5 Å². The smallest absolute Gasteiger partial charge is 0.404 e. The molecular weight excluding hydrogens is 332 g/mol. The number of hydrogen-bond acceptors (Lipinski definition) is 3. The van der Waals surface area contributed by atoms with Crippen molar-refractivity contribution < 1.29 is 13.6 Å². The highest BCUT2D eigenvalue weighted by Crippen LogP contribution is 2.55. The van der Waals surface area contributed by atoms with Crippen molar-refractivity contribution in [3.05, 3.63) is 58.6 Å². The predicted molar refractivity (Wildman–Crippen MR) is 83.3 cm³/mol. The van der Waals surface area contributed by atoms with E-state index in [0.29, 0.717) is 34.6 Å². The van der Waals surface area contributed by atoms with Crippen LogP contribution in [-0.2, 0) is 4.57 Å². The van der Waals surface area contributed by atoms with Gasteiger partial charge in [0, 0.05) is 23.1 Å². The topological polar surface area (TPSA) is 38.5 Å². The lowest BCUT2D eigenvalue weighted by Gasteiger charge is -2.20. The van der Waals surface area contributed by atoms with Gasteiger partial charge in [-0.25, -0.2) is 4.57 Å². The summed E-state index contributed by atoms with van der Waals surface area (Å²) in [6.07, 6.45) is 0. The fourth-order valence-corrected chi connectivity index (χ4v) is 3.56. The molecule has 110 valence electrons. The maximum atomic E-state index is 12.9. The highest BCUT2D eigenvalue weighted by atomic mass is 35.5. The van der Waals surface area contributed by atoms with E-state index >= 15 is 0 Å². The van der Waals surface area contributed by atoms with Gasteiger partial charge in [-0.05, 0) is 48.5 Å². The molecule has 0 saturated carbocycles. The molecule has 0 amide bonds. The molecule has 7 heteroatoms. The summed E-state index contributed by atoms with van der Waals surface area (Å²) in [5.41, 5.74) is 0. The first-order chi connectivity index (χ1) is 10.0. The van der Waals surface area contributed by atoms with Crippen molar-refractivity contribution in [3.63, 3.8) is 0 Å². The van der Waals surface area contributed by atoms with E-state index in [1.165, 1.54) is 0 Å². The zero-order valence-corrected chi connectivity index (χ0v) is 13.3. The summed E-state index contributed by atoms with van der Waals surface area (Å²) in [4.78, 5) is 0. The minimum absolute atomic E-state index is 0.448. The lowest BCUT2D eigenvalue weighted by atomic mass is 10.3. The largest absolute Gasteiger partial charge is 0.515 e. The molecule has 3 rings (SSSR count). The Hall–Kier alpha value is -1.19. The highest BCUT2D eigenvalue weighted by Gasteiger charge is 2.44. The number of nitrogens with zero attached hydrogens (tertiary/aromatic N) is 1. The van der Waals surface area contributed by atoms with Gasteiger partial charge in [-0.3, -0.25) is 0 Å². The minimum atomic E-state index is -3.41. The molecule has 1 aliphatic rings. The lowest BCUT2D eigenvalue weighted by molar-refractivity contribution is 0.350. The molecule has 0 radical (unpaired) electrons. The molecule has 21 heavy (non-hydrogen) atoms. The molecule has 0 aliphatic carbocycles. The molecule has 1 saturated heterocycles. The van der Waals surface area contributed by atoms with Crippen LogP contribution in [0.1, 0.15) is 0 Å². The van der Waals surface area contributed by atoms with Crippen LogP contribution in [0.3, 0.4) is 0 Å². The second-order valence-corrected chi connectivity index (χ2v) is 7.25. The van der Waals surface area contributed by atoms with E-state index in [1.807, 2.05) is 0 Å². The molecule has 0 aromatic heterocycles. The molecule has 1 fully saturated rings. The fraction of sp³-hybridized carbons (Fsp3) is 0.143. The van der Waals surface area contributed by atoms with Gasteiger partial charge in [-0.15, -0.1) is 0 Å². The molecule has 0 spiro atoms. The van der Waals surface area contributed by atoms with Crippen LogP contribution in [0.25, 0.3) is 0 Å². The Morgan fingerprint density at radius 3 is 1.52 bits per heavy atom. The SMILES string of the molecule is O=P(Oc1ccc(Cl)cc1)(Oc1ccc(Cl)cc1)N1CC1. The van der Waals surface area contributed by atoms with Crippen molar-refractivity contribution in [1.82, 2.24) is 4.67 Å². The van der Waals surface area contributed by atoms with Gasteiger partial charge in [0.15, 0.2) is 0 Å². The van der Waals surface area contributed by atoms with Crippen molar-refractivity contribution >= 4 is 30.9 Å². The van der Waals surface area contributed by atoms with Crippen molar-refractivity contribution in [1.29, 1.82) is 0 Å². The Labute approximate surface area is 132 Å². The van der Waals surface area contributed by atoms with Gasteiger partial charge in [0.25, 0.3) is 0 Å². The van der Waals surface area contributed by atoms with Crippen molar-refractivity contribution in [3.8, 4) is 11.5 Å². The van der Waals surface area contributed by atoms with E-state index in [9.17, 15) is 4.57 Å². The quantitative estimate of drug-likeness (QED) is 0.573. The van der Waals surface area contributed by atoms with Gasteiger partial charge in [-0.1, -0.05) is 23.2 Å². The Kier molecular flexibility index (Phi) is 4.14. The molecule has 1 aliphatic heterocycles. The molecule has 0 N–H and O–H groups in total. The summed E-state index contributed by atoms with van der Waals surface area (Å²) in [5, 5.41) is 1.17. The van der Waals surface area contributed by atoms with Gasteiger partial charge in [-0.2, -0.15) is 4.67 Å². The van der Waals surface area contributed by atoms with Gasteiger partial charge in [0.2, 0.25) is 0 Å². The highest BCUT2D eigenvalue weighted by molar-refractivity contribution is 7.52. The first-order valence-corrected chi connectivity index (χ1v) is 8.56. The third kappa shape index (κ3) is 3.72. The lowest BCUT2D eigenvalue weighted by Crippen LogP contribution is -2.08. The second-order valence-electron chi connectivity index (χ2n) is 4.51. The van der Waals surface area contributed by atoms with Gasteiger partial charge in [0.05, 0.1) is 0 Å². The standard InChI is InChI=1S/C14H12Cl2NO3P/c15-11-1-5-13(6-2-11)19-21(18,17-9-10-17)20-14-7-3-12(16)4-8-14/h1-8H,9-10H2. The van der Waals surface area contributed by atoms with Crippen LogP contribution >= 0.6 is 30.9 Å². The molecule has 2 aromatic rings. The van der Waals surface area contributed by atoms with Gasteiger partial charge >= 0.3 is 7.75 Å². The van der Waals surface area contributed by atoms with Gasteiger partial charge in [0.1, 0.15) is 11.5 Å². The van der Waals surface area contributed by atoms with E-state index in [1.54, 1.807) is 53.2 Å². The Balaban J connectivity index is 1.80. The van der Waals surface area contributed by atoms with Crippen LogP contribution < -0.4 is 9.05 Å². The Bertz CT molecular complexity index is 620. The van der Waals surface area contributed by atoms with E-state index in [2.05, 4.69) is 0 Å². The predicted octanol–water partition coefficient (Wildman–Crippen LogP) is 4.87. The average Bonchev–Trinajstić information content (AvgIpc) is 3.29. The fourth-order valence-electron chi connectivity index (χ4n) is 1.68. The zero-order valence-electron chi connectivity index (χ0n) is 10.9. The zero-order chi connectivity index (χ0) is 14.9. The second kappa shape index (κ2) is 5.90. The Morgan fingerprint density at radius 1 is 0.810 bits per heavy atom. The average molecular weight is 344 g/mol. The van der Waals surface area contributed by atoms with E-state index < -0.39 is 7.75 Å². The summed E-state index contributed by atoms with van der Waals surface area (Å²) in [6.45, 7) is 1.36. The van der Waals surface area contributed by atoms with Crippen LogP contribution in [-0.4, -0.2) is 17.8 Å². The number of benzene rings is 2. The monoisotopic (exact) mass is 343 g/mol. The van der Waals surface area contributed by atoms with Crippen molar-refractivity contribution in [2.45, 2.75) is 0 Å². The first-order valence-electron chi connectivity index (χ1n) is 6.31. The summed E-state index contributed by atoms with van der Waals surface area (Å²) in [5.74, 6) is 0.896. The van der Waals surface area contributed by atoms with Gasteiger partial charge < -0.3 is 9.05 Å². The normalized spacial score (nSPS) is 14.8. The number of halogens is 2. The van der Waals surface area contributed by atoms with Crippen molar-refractivity contribution in [2.24, 2.45) is 0 Å². The molecule has 4 nitrogen and oxygen atoms in total. The van der Waals surface area contributed by atoms with Crippen molar-refractivity contribution in [2.75, 3.05) is 13.1 Å². The van der Waals surface area contributed by atoms with E-state index in [-0.39, 0.29) is 0 Å². The molecule has 0 atom stereocenters. The third-order valence-corrected chi connectivity index (χ3v) is 5.32. The van der Waals surface area contributed by atoms with Crippen LogP contribution in [0.4, 0.5) is 0 Å². The number of hydrogen-bond donors (Lipinski definition) is 0. The van der Waals surface area contributed by atoms with E-state index in [4.69, 9.17) is 32.2 Å². The molecule has 0 unspecified atom stereocenters. The molecule has 1 heterocycles. The van der Waals surface area contributed by atoms with Crippen LogP contribution in [0, 0.1) is 0 Å². The van der Waals surface area contributed by atoms with Crippen LogP contribution in [0.15, 0.2) is 48.5 Å². The summed E-state index contributed by atoms with van der Waals surface area (Å²) < 4.78 is 25.7. The summed E-state index contributed by atoms with van der Waals surface area (Å²) >= 11 is 11.6. The Morgan fingerprint density at radius 2 is 1.19 bits per heavy atom. The summed E-state index contributed by atoms with van der Waals surface area (Å²) in [7, 11) is -3.41. The first kappa shape index (κ1) is 14.7. The maximum Gasteiger partial charge on any atom is 0.515 e. The third-order valence-electron chi connectivity index (χ3n) is 2.84. The van der Waals surface area contributed by atoms with Crippen LogP contribution in [0.2, 0.25) is 10.0 Å². The molecular formula is C14H12Cl2NO3P. The number of rotatable bonds is 5. The van der Waals surface area contributed by atoms with E-state index in [0.717, 1.165) is 0 Å². The maximum absolute atomic E-state index is 12.9. The summed E-state index contributed by atoms with van der Waals surface area (Å²) in [6, 6.07) is 13.3. The molecule has 2 aromatic carbocycles. The molecule has 0 bridgehead atoms.